The number of anilines is 1. The quantitative estimate of drug-likeness (QED) is 0.458. The molecule has 0 fully saturated rings. The van der Waals surface area contributed by atoms with Gasteiger partial charge in [0, 0.05) is 36.5 Å². The molecule has 0 bridgehead atoms. The predicted molar refractivity (Wildman–Crippen MR) is 71.7 cm³/mol. The Morgan fingerprint density at radius 1 is 1.56 bits per heavy atom. The number of hydrogen-bond acceptors (Lipinski definition) is 4. The van der Waals surface area contributed by atoms with Crippen LogP contribution in [0.2, 0.25) is 0 Å². The molecule has 1 aromatic carbocycles. The number of aliphatic hydroxyl groups is 1. The van der Waals surface area contributed by atoms with E-state index in [1.165, 1.54) is 12.1 Å². The van der Waals surface area contributed by atoms with Crippen molar-refractivity contribution in [2.24, 2.45) is 0 Å². The average Bonchev–Trinajstić information content (AvgIpc) is 2.37. The fourth-order valence-electron chi connectivity index (χ4n) is 1.86. The molecule has 18 heavy (non-hydrogen) atoms. The van der Waals surface area contributed by atoms with Crippen molar-refractivity contribution < 1.29 is 10.0 Å². The molecule has 0 saturated heterocycles. The smallest absolute Gasteiger partial charge is 0.269 e. The number of rotatable bonds is 7. The van der Waals surface area contributed by atoms with E-state index in [1.807, 2.05) is 4.90 Å². The number of nitrogens with zero attached hydrogens (tertiary/aromatic N) is 2. The molecule has 0 radical (unpaired) electrons. The number of nitro benzene ring substituents is 1. The van der Waals surface area contributed by atoms with Crippen molar-refractivity contribution in [1.82, 2.24) is 0 Å². The zero-order chi connectivity index (χ0) is 13.5. The Bertz CT molecular complexity index is 432. The fourth-order valence-corrected chi connectivity index (χ4v) is 1.86. The molecule has 1 rings (SSSR count). The first-order valence-electron chi connectivity index (χ1n) is 5.88. The van der Waals surface area contributed by atoms with Gasteiger partial charge in [0.15, 0.2) is 0 Å². The second-order valence-electron chi connectivity index (χ2n) is 3.96. The maximum atomic E-state index is 10.7. The Morgan fingerprint density at radius 2 is 2.28 bits per heavy atom. The molecule has 0 aliphatic heterocycles. The molecule has 98 valence electrons. The first-order valence-corrected chi connectivity index (χ1v) is 5.88. The summed E-state index contributed by atoms with van der Waals surface area (Å²) in [5.74, 6) is 0. The van der Waals surface area contributed by atoms with Crippen molar-refractivity contribution in [3.05, 3.63) is 46.5 Å². The van der Waals surface area contributed by atoms with Gasteiger partial charge in [0.1, 0.15) is 0 Å². The maximum absolute atomic E-state index is 10.7. The predicted octanol–water partition coefficient (Wildman–Crippen LogP) is 2.49. The Labute approximate surface area is 107 Å². The molecule has 0 saturated carbocycles. The van der Waals surface area contributed by atoms with Gasteiger partial charge in [0.05, 0.1) is 11.5 Å². The monoisotopic (exact) mass is 250 g/mol. The standard InChI is InChI=1S/C13H18N2O3/c1-3-7-14(8-4-2)13-6-5-12(15(17)18)9-11(13)10-16/h3,5-6,9,16H,1,4,7-8,10H2,2H3. The van der Waals surface area contributed by atoms with Crippen LogP contribution in [0.5, 0.6) is 0 Å². The van der Waals surface area contributed by atoms with Crippen LogP contribution in [0.25, 0.3) is 0 Å². The number of benzene rings is 1. The zero-order valence-corrected chi connectivity index (χ0v) is 10.5. The van der Waals surface area contributed by atoms with Crippen LogP contribution < -0.4 is 4.90 Å². The van der Waals surface area contributed by atoms with Gasteiger partial charge in [-0.3, -0.25) is 10.1 Å². The van der Waals surface area contributed by atoms with Crippen LogP contribution in [-0.2, 0) is 6.61 Å². The van der Waals surface area contributed by atoms with E-state index in [4.69, 9.17) is 0 Å². The third-order valence-electron chi connectivity index (χ3n) is 2.63. The molecule has 0 aliphatic rings. The highest BCUT2D eigenvalue weighted by molar-refractivity contribution is 5.58. The van der Waals surface area contributed by atoms with Gasteiger partial charge in [0.25, 0.3) is 5.69 Å². The molecule has 0 aromatic heterocycles. The lowest BCUT2D eigenvalue weighted by molar-refractivity contribution is -0.384. The SMILES string of the molecule is C=CCN(CCC)c1ccc([N+](=O)[O-])cc1CO. The topological polar surface area (TPSA) is 66.6 Å². The summed E-state index contributed by atoms with van der Waals surface area (Å²) in [6.45, 7) is 7.01. The highest BCUT2D eigenvalue weighted by Crippen LogP contribution is 2.25. The highest BCUT2D eigenvalue weighted by atomic mass is 16.6. The lowest BCUT2D eigenvalue weighted by Gasteiger charge is -2.24. The summed E-state index contributed by atoms with van der Waals surface area (Å²) in [5, 5.41) is 20.0. The van der Waals surface area contributed by atoms with Crippen molar-refractivity contribution in [2.45, 2.75) is 20.0 Å². The van der Waals surface area contributed by atoms with E-state index >= 15 is 0 Å². The lowest BCUT2D eigenvalue weighted by atomic mass is 10.1. The van der Waals surface area contributed by atoms with E-state index in [2.05, 4.69) is 13.5 Å². The van der Waals surface area contributed by atoms with E-state index in [0.717, 1.165) is 18.7 Å². The van der Waals surface area contributed by atoms with Gasteiger partial charge in [-0.2, -0.15) is 0 Å². The molecular weight excluding hydrogens is 232 g/mol. The molecule has 0 amide bonds. The molecule has 5 nitrogen and oxygen atoms in total. The molecule has 5 heteroatoms. The summed E-state index contributed by atoms with van der Waals surface area (Å²) in [5.41, 5.74) is 1.39. The average molecular weight is 250 g/mol. The van der Waals surface area contributed by atoms with E-state index in [9.17, 15) is 15.2 Å². The number of nitro groups is 1. The molecule has 1 N–H and O–H groups in total. The van der Waals surface area contributed by atoms with Gasteiger partial charge >= 0.3 is 0 Å². The zero-order valence-electron chi connectivity index (χ0n) is 10.5. The van der Waals surface area contributed by atoms with Gasteiger partial charge in [0.2, 0.25) is 0 Å². The number of hydrogen-bond donors (Lipinski definition) is 1. The first-order chi connectivity index (χ1) is 8.63. The molecule has 1 aromatic rings. The first kappa shape index (κ1) is 14.2. The van der Waals surface area contributed by atoms with Crippen LogP contribution in [0, 0.1) is 10.1 Å². The van der Waals surface area contributed by atoms with Crippen LogP contribution >= 0.6 is 0 Å². The molecule has 0 heterocycles. The second kappa shape index (κ2) is 6.76. The maximum Gasteiger partial charge on any atom is 0.269 e. The van der Waals surface area contributed by atoms with Crippen LogP contribution in [0.3, 0.4) is 0 Å². The van der Waals surface area contributed by atoms with Gasteiger partial charge in [-0.15, -0.1) is 6.58 Å². The minimum absolute atomic E-state index is 0.00199. The molecule has 0 aliphatic carbocycles. The Morgan fingerprint density at radius 3 is 2.78 bits per heavy atom. The Hall–Kier alpha value is -1.88. The van der Waals surface area contributed by atoms with Crippen LogP contribution in [0.15, 0.2) is 30.9 Å². The van der Waals surface area contributed by atoms with Crippen molar-refractivity contribution >= 4 is 11.4 Å². The summed E-state index contributed by atoms with van der Waals surface area (Å²) >= 11 is 0. The normalized spacial score (nSPS) is 10.1. The van der Waals surface area contributed by atoms with E-state index in [0.29, 0.717) is 12.1 Å². The largest absolute Gasteiger partial charge is 0.392 e. The van der Waals surface area contributed by atoms with E-state index in [-0.39, 0.29) is 12.3 Å². The second-order valence-corrected chi connectivity index (χ2v) is 3.96. The Kier molecular flexibility index (Phi) is 5.32. The molecule has 0 unspecified atom stereocenters. The van der Waals surface area contributed by atoms with Gasteiger partial charge in [-0.1, -0.05) is 13.0 Å². The summed E-state index contributed by atoms with van der Waals surface area (Å²) in [4.78, 5) is 12.3. The van der Waals surface area contributed by atoms with Crippen molar-refractivity contribution in [2.75, 3.05) is 18.0 Å². The van der Waals surface area contributed by atoms with Crippen molar-refractivity contribution in [3.63, 3.8) is 0 Å². The molecule has 0 atom stereocenters. The van der Waals surface area contributed by atoms with Gasteiger partial charge in [-0.25, -0.2) is 0 Å². The molecular formula is C13H18N2O3. The summed E-state index contributed by atoms with van der Waals surface area (Å²) in [6, 6.07) is 4.56. The fraction of sp³-hybridized carbons (Fsp3) is 0.385. The summed E-state index contributed by atoms with van der Waals surface area (Å²) in [7, 11) is 0. The number of non-ortho nitro benzene ring substituents is 1. The van der Waals surface area contributed by atoms with Crippen molar-refractivity contribution in [3.8, 4) is 0 Å². The number of aliphatic hydroxyl groups excluding tert-OH is 1. The third kappa shape index (κ3) is 3.30. The highest BCUT2D eigenvalue weighted by Gasteiger charge is 2.14. The van der Waals surface area contributed by atoms with Gasteiger partial charge in [-0.05, 0) is 12.5 Å². The minimum atomic E-state index is -0.458. The summed E-state index contributed by atoms with van der Waals surface area (Å²) < 4.78 is 0. The Balaban J connectivity index is 3.12. The van der Waals surface area contributed by atoms with E-state index in [1.54, 1.807) is 12.1 Å². The van der Waals surface area contributed by atoms with Gasteiger partial charge < -0.3 is 10.0 Å². The minimum Gasteiger partial charge on any atom is -0.392 e. The lowest BCUT2D eigenvalue weighted by Crippen LogP contribution is -2.25. The van der Waals surface area contributed by atoms with Crippen LogP contribution in [-0.4, -0.2) is 23.1 Å². The van der Waals surface area contributed by atoms with Crippen LogP contribution in [0.4, 0.5) is 11.4 Å². The summed E-state index contributed by atoms with van der Waals surface area (Å²) in [6.07, 6.45) is 2.73. The third-order valence-corrected chi connectivity index (χ3v) is 2.63. The van der Waals surface area contributed by atoms with Crippen molar-refractivity contribution in [1.29, 1.82) is 0 Å². The molecule has 0 spiro atoms. The van der Waals surface area contributed by atoms with E-state index < -0.39 is 4.92 Å². The van der Waals surface area contributed by atoms with Crippen LogP contribution in [0.1, 0.15) is 18.9 Å².